The summed E-state index contributed by atoms with van der Waals surface area (Å²) in [4.78, 5) is 0. The predicted molar refractivity (Wildman–Crippen MR) is 612 cm³/mol. The van der Waals surface area contributed by atoms with Crippen LogP contribution in [0.25, 0.3) is 0 Å². The molecule has 0 aromatic carbocycles. The highest BCUT2D eigenvalue weighted by atomic mass is 14.7. The summed E-state index contributed by atoms with van der Waals surface area (Å²) in [6.07, 6.45) is 0. The van der Waals surface area contributed by atoms with Gasteiger partial charge in [0.25, 0.3) is 0 Å². The summed E-state index contributed by atoms with van der Waals surface area (Å²) < 4.78 is 0. The maximum absolute atomic E-state index is 3.21. The third-order valence-electron chi connectivity index (χ3n) is 30.1. The van der Waals surface area contributed by atoms with E-state index in [1.54, 1.807) is 25.0 Å². The van der Waals surface area contributed by atoms with Crippen molar-refractivity contribution in [3.63, 3.8) is 0 Å². The Bertz CT molecular complexity index is 3600. The second kappa shape index (κ2) is 60.2. The van der Waals surface area contributed by atoms with Gasteiger partial charge in [0.15, 0.2) is 0 Å². The quantitative estimate of drug-likeness (QED) is 0.150. The van der Waals surface area contributed by atoms with Crippen LogP contribution in [0.1, 0.15) is 568 Å². The van der Waals surface area contributed by atoms with E-state index in [-0.39, 0.29) is 27.1 Å². The molecule has 129 heavy (non-hydrogen) atoms. The molecule has 1 saturated carbocycles. The first kappa shape index (κ1) is 153. The zero-order chi connectivity index (χ0) is 109. The first-order chi connectivity index (χ1) is 55.4. The molecule has 0 bridgehead atoms. The topological polar surface area (TPSA) is 0 Å². The Balaban J connectivity index is -0.000000102. The molecule has 2 aliphatic carbocycles. The summed E-state index contributed by atoms with van der Waals surface area (Å²) in [7, 11) is 0. The van der Waals surface area contributed by atoms with E-state index in [1.807, 2.05) is 27.7 Å². The van der Waals surface area contributed by atoms with E-state index in [9.17, 15) is 0 Å². The van der Waals surface area contributed by atoms with E-state index in [0.717, 1.165) is 0 Å². The lowest BCUT2D eigenvalue weighted by atomic mass is 9.48. The molecule has 0 nitrogen and oxygen atoms in total. The number of allylic oxidation sites excluding steroid dienone is 14. The van der Waals surface area contributed by atoms with Crippen LogP contribution in [0.15, 0.2) is 78.0 Å². The third-order valence-corrected chi connectivity index (χ3v) is 30.1. The molecule has 0 aromatic rings. The molecule has 0 aromatic heterocycles. The molecule has 0 heterocycles. The van der Waals surface area contributed by atoms with Crippen molar-refractivity contribution in [3.05, 3.63) is 78.0 Å². The minimum absolute atomic E-state index is 0.127. The zero-order valence-corrected chi connectivity index (χ0v) is 106. The van der Waals surface area contributed by atoms with E-state index in [0.29, 0.717) is 86.6 Å². The van der Waals surface area contributed by atoms with Gasteiger partial charge in [0.1, 0.15) is 0 Å². The van der Waals surface area contributed by atoms with Crippen molar-refractivity contribution in [2.24, 2.45) is 114 Å². The molecule has 1 fully saturated rings. The molecule has 0 saturated heterocycles. The summed E-state index contributed by atoms with van der Waals surface area (Å²) in [6, 6.07) is 0. The largest absolute Gasteiger partial charge is 0.107 e. The van der Waals surface area contributed by atoms with Gasteiger partial charge in [-0.25, -0.2) is 0 Å². The minimum atomic E-state index is 0.127. The molecule has 762 valence electrons. The summed E-state index contributed by atoms with van der Waals surface area (Å²) in [5.74, 6) is 34.3. The van der Waals surface area contributed by atoms with Crippen LogP contribution in [-0.4, -0.2) is 0 Å². The van der Waals surface area contributed by atoms with Crippen LogP contribution in [0.3, 0.4) is 0 Å². The highest BCUT2D eigenvalue weighted by Crippen LogP contribution is 2.77. The van der Waals surface area contributed by atoms with Crippen molar-refractivity contribution in [2.75, 3.05) is 0 Å². The van der Waals surface area contributed by atoms with Crippen LogP contribution in [0.4, 0.5) is 0 Å². The number of rotatable bonds is 3. The van der Waals surface area contributed by atoms with E-state index >= 15 is 0 Å². The predicted octanol–water partition coefficient (Wildman–Crippen LogP) is 44.3. The monoisotopic (exact) mass is 1800 g/mol. The SMILES string of the molecule is C/C(=C(\C)C(C)(C)C)C(C)(C)C.CC#CC.CC#CC#CC.CC#CC(C)(C)C.CC#CC(C)(C)C(C)(C)C.CC(C)(C)C.CC(C)(C)C#CC(C)(C)C.CC(C)(C)C(C)(C)C.CC(C)(C)C(C)(C)C(C)(C)C(C)(C)C.CC(C)=C(C)C.CC(C)=C(C)C(C)(C)C.CC(C)=C(C)C(C)(C)C(C)(C)C.CC(C)=C(C)C(C)=C(C)C.CC1(C)C(C)(C)C1(C)C.CC1=C(C)C1(C)C. The van der Waals surface area contributed by atoms with Crippen LogP contribution < -0.4 is 0 Å². The first-order valence-electron chi connectivity index (χ1n) is 49.5. The fourth-order valence-corrected chi connectivity index (χ4v) is 9.81. The Morgan fingerprint density at radius 3 is 0.457 bits per heavy atom. The maximum Gasteiger partial charge on any atom is 0.0306 e. The van der Waals surface area contributed by atoms with E-state index in [1.165, 1.54) is 66.9 Å². The summed E-state index contributed by atoms with van der Waals surface area (Å²) in [6.45, 7) is 181. The van der Waals surface area contributed by atoms with Gasteiger partial charge in [-0.05, 0) is 366 Å². The lowest BCUT2D eigenvalue weighted by molar-refractivity contribution is -0.0790. The fraction of sp³-hybridized carbons (Fsp3) is 0.798. The number of hydrogen-bond donors (Lipinski definition) is 0. The molecule has 0 radical (unpaired) electrons. The van der Waals surface area contributed by atoms with E-state index in [2.05, 4.69) is 597 Å². The van der Waals surface area contributed by atoms with Gasteiger partial charge in [-0.15, -0.1) is 23.7 Å². The summed E-state index contributed by atoms with van der Waals surface area (Å²) in [5, 5.41) is 0. The van der Waals surface area contributed by atoms with Crippen LogP contribution >= 0.6 is 0 Å². The Morgan fingerprint density at radius 1 is 0.209 bits per heavy atom. The van der Waals surface area contributed by atoms with E-state index in [4.69, 9.17) is 0 Å². The normalized spacial score (nSPS) is 14.1. The van der Waals surface area contributed by atoms with Crippen molar-refractivity contribution < 1.29 is 0 Å². The fourth-order valence-electron chi connectivity index (χ4n) is 9.81. The molecule has 0 atom stereocenters. The third kappa shape index (κ3) is 71.7. The first-order valence-corrected chi connectivity index (χ1v) is 49.5. The molecule has 2 aliphatic rings. The molecular weight excluding hydrogens is 1550 g/mol. The van der Waals surface area contributed by atoms with Crippen molar-refractivity contribution in [2.45, 2.75) is 568 Å². The lowest BCUT2D eigenvalue weighted by Crippen LogP contribution is -2.49. The van der Waals surface area contributed by atoms with Crippen LogP contribution in [0.5, 0.6) is 0 Å². The van der Waals surface area contributed by atoms with Gasteiger partial charge in [-0.2, -0.15) is 0 Å². The minimum Gasteiger partial charge on any atom is -0.107 e. The lowest BCUT2D eigenvalue weighted by Gasteiger charge is -2.57. The zero-order valence-electron chi connectivity index (χ0n) is 106. The van der Waals surface area contributed by atoms with Crippen LogP contribution in [-0.2, 0) is 0 Å². The van der Waals surface area contributed by atoms with Crippen molar-refractivity contribution in [1.82, 2.24) is 0 Å². The van der Waals surface area contributed by atoms with Gasteiger partial charge in [0.05, 0.1) is 0 Å². The van der Waals surface area contributed by atoms with Gasteiger partial charge in [0.2, 0.25) is 0 Å². The summed E-state index contributed by atoms with van der Waals surface area (Å²) in [5.41, 5.74) is 28.0. The second-order valence-corrected chi connectivity index (χ2v) is 56.2. The van der Waals surface area contributed by atoms with Gasteiger partial charge >= 0.3 is 0 Å². The smallest absolute Gasteiger partial charge is 0.0306 e. The molecule has 2 rings (SSSR count). The van der Waals surface area contributed by atoms with Crippen molar-refractivity contribution in [1.29, 1.82) is 0 Å². The molecule has 0 unspecified atom stereocenters. The Morgan fingerprint density at radius 2 is 0.403 bits per heavy atom. The van der Waals surface area contributed by atoms with Crippen LogP contribution in [0, 0.1) is 185 Å². The Kier molecular flexibility index (Phi) is 71.3. The standard InChI is InChI=1S/C14H30.2C12H24.3C10H18.2C9H18.C8H18.2C7H12.C6H12.C6H6.C5H12.C4H6/c1-11(2,3)13(7,8)14(9,10)12(4,5)6;1-9(11(3,4)5)10(2)12(6,7)8;1-9(2)10(3)12(7,8)11(4,5)6;1-9(2,3)7-8-10(4,5)6;1-7-8-10(5,6)9(2,3)4;1-7(2)9(5)10(6)8(3)4;1-7(2)8(3,4)9(7,5)6;1-7(2)8(3)9(4,5)6;1-7(2,3)8(4,5)6;1-5-6(2)7(5,3)4;1-5-6-7(2,3)4;1-5(2)6(3)4;1-3-5-6-4-2;1-5(2,3)4;1-3-4-2/h1-10H3;2*1-8H3;3*1-6H3;2*1-6H3;1-6H3;2*1-4H3;1-4H3;1-2H3;1-4H3;1-2H3/b;10-9-;;;;;;;;;;;;;. The summed E-state index contributed by atoms with van der Waals surface area (Å²) >= 11 is 0. The van der Waals surface area contributed by atoms with E-state index < -0.39 is 0 Å². The second-order valence-electron chi connectivity index (χ2n) is 56.2. The van der Waals surface area contributed by atoms with Gasteiger partial charge in [-0.1, -0.05) is 414 Å². The van der Waals surface area contributed by atoms with Crippen LogP contribution in [0.2, 0.25) is 0 Å². The molecule has 0 aliphatic heterocycles. The maximum atomic E-state index is 3.21. The molecule has 0 N–H and O–H groups in total. The average Bonchev–Trinajstić information content (AvgIpc) is 1.51. The van der Waals surface area contributed by atoms with Gasteiger partial charge in [-0.3, -0.25) is 0 Å². The highest BCUT2D eigenvalue weighted by molar-refractivity contribution is 5.43. The average molecular weight is 1800 g/mol. The Labute approximate surface area is 825 Å². The molecular formula is C129H246. The van der Waals surface area contributed by atoms with Crippen molar-refractivity contribution in [3.8, 4) is 71.0 Å². The van der Waals surface area contributed by atoms with Gasteiger partial charge < -0.3 is 0 Å². The molecule has 0 heteroatoms. The molecule has 0 spiro atoms. The van der Waals surface area contributed by atoms with Gasteiger partial charge in [0, 0.05) is 27.1 Å². The Hall–Kier alpha value is -4.46. The molecule has 0 amide bonds. The van der Waals surface area contributed by atoms with Crippen molar-refractivity contribution >= 4 is 0 Å². The highest BCUT2D eigenvalue weighted by Gasteiger charge is 2.71. The number of hydrogen-bond acceptors (Lipinski definition) is 0.